The molecule has 1 aromatic rings. The Morgan fingerprint density at radius 2 is 2.36 bits per heavy atom. The molecule has 2 aliphatic heterocycles. The molecule has 6 nitrogen and oxygen atoms in total. The van der Waals surface area contributed by atoms with Crippen LogP contribution in [0.25, 0.3) is 0 Å². The van der Waals surface area contributed by atoms with Gasteiger partial charge in [-0.1, -0.05) is 0 Å². The number of rotatable bonds is 6. The molecule has 1 aromatic heterocycles. The van der Waals surface area contributed by atoms with Crippen LogP contribution in [-0.4, -0.2) is 79.4 Å². The van der Waals surface area contributed by atoms with Crippen molar-refractivity contribution in [1.82, 2.24) is 14.4 Å². The number of carbonyl (C=O) groups excluding carboxylic acids is 1. The minimum absolute atomic E-state index is 0.121. The molecule has 6 heteroatoms. The van der Waals surface area contributed by atoms with Gasteiger partial charge < -0.3 is 23.8 Å². The smallest absolute Gasteiger partial charge is 0.270 e. The van der Waals surface area contributed by atoms with Gasteiger partial charge in [0.05, 0.1) is 25.4 Å². The summed E-state index contributed by atoms with van der Waals surface area (Å²) in [5.74, 6) is 0.655. The summed E-state index contributed by atoms with van der Waals surface area (Å²) >= 11 is 0. The quantitative estimate of drug-likeness (QED) is 0.783. The Kier molecular flexibility index (Phi) is 5.81. The Bertz CT molecular complexity index is 588. The molecule has 2 fully saturated rings. The second-order valence-electron chi connectivity index (χ2n) is 7.65. The molecule has 3 rings (SSSR count). The van der Waals surface area contributed by atoms with Gasteiger partial charge in [-0.2, -0.15) is 0 Å². The Labute approximate surface area is 150 Å². The summed E-state index contributed by atoms with van der Waals surface area (Å²) in [6.07, 6.45) is 5.04. The third-order valence-corrected chi connectivity index (χ3v) is 5.52. The number of carbonyl (C=O) groups is 1. The highest BCUT2D eigenvalue weighted by Gasteiger charge is 2.44. The summed E-state index contributed by atoms with van der Waals surface area (Å²) in [5.41, 5.74) is 0.608. The van der Waals surface area contributed by atoms with Gasteiger partial charge in [0.25, 0.3) is 5.91 Å². The number of amides is 1. The number of likely N-dealkylation sites (N-methyl/N-ethyl adjacent to an activating group) is 1. The average molecular weight is 349 g/mol. The molecule has 25 heavy (non-hydrogen) atoms. The van der Waals surface area contributed by atoms with Gasteiger partial charge in [-0.05, 0) is 44.4 Å². The molecule has 2 atom stereocenters. The van der Waals surface area contributed by atoms with E-state index in [0.717, 1.165) is 64.3 Å². The van der Waals surface area contributed by atoms with E-state index in [1.807, 2.05) is 34.8 Å². The van der Waals surface area contributed by atoms with Crippen molar-refractivity contribution in [1.29, 1.82) is 0 Å². The van der Waals surface area contributed by atoms with Crippen LogP contribution in [0.4, 0.5) is 0 Å². The Balaban J connectivity index is 1.58. The van der Waals surface area contributed by atoms with E-state index in [1.54, 1.807) is 7.11 Å². The van der Waals surface area contributed by atoms with Crippen molar-refractivity contribution in [2.45, 2.75) is 24.9 Å². The van der Waals surface area contributed by atoms with Gasteiger partial charge in [0.2, 0.25) is 0 Å². The van der Waals surface area contributed by atoms with Crippen LogP contribution in [0.1, 0.15) is 29.8 Å². The molecule has 0 N–H and O–H groups in total. The summed E-state index contributed by atoms with van der Waals surface area (Å²) in [7, 11) is 5.79. The lowest BCUT2D eigenvalue weighted by Gasteiger charge is -2.40. The fourth-order valence-electron chi connectivity index (χ4n) is 4.24. The molecule has 0 saturated carbocycles. The fraction of sp³-hybridized carbons (Fsp3) is 0.737. The number of aromatic nitrogens is 1. The van der Waals surface area contributed by atoms with Crippen molar-refractivity contribution in [3.8, 4) is 0 Å². The van der Waals surface area contributed by atoms with Crippen LogP contribution in [0, 0.1) is 5.92 Å². The summed E-state index contributed by atoms with van der Waals surface area (Å²) < 4.78 is 13.3. The van der Waals surface area contributed by atoms with Crippen molar-refractivity contribution >= 4 is 5.91 Å². The zero-order valence-electron chi connectivity index (χ0n) is 15.7. The van der Waals surface area contributed by atoms with E-state index in [0.29, 0.717) is 5.92 Å². The van der Waals surface area contributed by atoms with E-state index in [-0.39, 0.29) is 11.5 Å². The van der Waals surface area contributed by atoms with E-state index in [9.17, 15) is 4.79 Å². The standard InChI is InChI=1S/C19H31N3O3/c1-20(10-11-24-3)13-16-12-19(25-14-16)7-5-9-22(15-19)18(23)17-6-4-8-21(17)2/h4,6,8,16H,5,7,9-15H2,1-3H3. The van der Waals surface area contributed by atoms with Crippen LogP contribution in [-0.2, 0) is 16.5 Å². The van der Waals surface area contributed by atoms with E-state index < -0.39 is 0 Å². The summed E-state index contributed by atoms with van der Waals surface area (Å²) in [5, 5.41) is 0. The maximum absolute atomic E-state index is 12.8. The average Bonchev–Trinajstić information content (AvgIpc) is 3.19. The largest absolute Gasteiger partial charge is 0.383 e. The normalized spacial score (nSPS) is 26.7. The lowest BCUT2D eigenvalue weighted by Crippen LogP contribution is -2.50. The number of likely N-dealkylation sites (tertiary alicyclic amines) is 1. The lowest BCUT2D eigenvalue weighted by atomic mass is 9.86. The number of hydrogen-bond donors (Lipinski definition) is 0. The van der Waals surface area contributed by atoms with Crippen molar-refractivity contribution in [2.75, 3.05) is 53.6 Å². The van der Waals surface area contributed by atoms with Gasteiger partial charge >= 0.3 is 0 Å². The van der Waals surface area contributed by atoms with Crippen molar-refractivity contribution in [2.24, 2.45) is 13.0 Å². The van der Waals surface area contributed by atoms with Gasteiger partial charge in [-0.15, -0.1) is 0 Å². The van der Waals surface area contributed by atoms with Crippen LogP contribution < -0.4 is 0 Å². The van der Waals surface area contributed by atoms with Crippen molar-refractivity contribution < 1.29 is 14.3 Å². The van der Waals surface area contributed by atoms with Crippen LogP contribution in [0.3, 0.4) is 0 Å². The first kappa shape index (κ1) is 18.4. The molecule has 0 bridgehead atoms. The fourth-order valence-corrected chi connectivity index (χ4v) is 4.24. The van der Waals surface area contributed by atoms with E-state index in [1.165, 1.54) is 0 Å². The second-order valence-corrected chi connectivity index (χ2v) is 7.65. The molecule has 1 spiro atoms. The van der Waals surface area contributed by atoms with E-state index >= 15 is 0 Å². The van der Waals surface area contributed by atoms with Crippen LogP contribution in [0.5, 0.6) is 0 Å². The van der Waals surface area contributed by atoms with Crippen molar-refractivity contribution in [3.05, 3.63) is 24.0 Å². The SMILES string of the molecule is COCCN(C)CC1COC2(CCCN(C(=O)c3cccn3C)C2)C1. The predicted octanol–water partition coefficient (Wildman–Crippen LogP) is 1.61. The molecule has 0 radical (unpaired) electrons. The zero-order valence-corrected chi connectivity index (χ0v) is 15.7. The summed E-state index contributed by atoms with van der Waals surface area (Å²) in [4.78, 5) is 17.1. The molecule has 2 unspecified atom stereocenters. The number of piperidine rings is 1. The highest BCUT2D eigenvalue weighted by molar-refractivity contribution is 5.92. The molecular formula is C19H31N3O3. The third kappa shape index (κ3) is 4.25. The Hall–Kier alpha value is -1.37. The highest BCUT2D eigenvalue weighted by Crippen LogP contribution is 2.38. The van der Waals surface area contributed by atoms with E-state index in [2.05, 4.69) is 11.9 Å². The van der Waals surface area contributed by atoms with Crippen LogP contribution >= 0.6 is 0 Å². The zero-order chi connectivity index (χ0) is 17.9. The molecule has 3 heterocycles. The number of aryl methyl sites for hydroxylation is 1. The van der Waals surface area contributed by atoms with Crippen molar-refractivity contribution in [3.63, 3.8) is 0 Å². The van der Waals surface area contributed by atoms with Gasteiger partial charge in [-0.25, -0.2) is 0 Å². The maximum Gasteiger partial charge on any atom is 0.270 e. The number of ether oxygens (including phenoxy) is 2. The molecule has 2 aliphatic rings. The topological polar surface area (TPSA) is 46.9 Å². The second kappa shape index (κ2) is 7.89. The first-order valence-electron chi connectivity index (χ1n) is 9.25. The molecule has 140 valence electrons. The third-order valence-electron chi connectivity index (χ3n) is 5.52. The number of hydrogen-bond acceptors (Lipinski definition) is 4. The van der Waals surface area contributed by atoms with Gasteiger partial charge in [0.1, 0.15) is 5.69 Å². The lowest BCUT2D eigenvalue weighted by molar-refractivity contribution is -0.0452. The van der Waals surface area contributed by atoms with Gasteiger partial charge in [0.15, 0.2) is 0 Å². The number of methoxy groups -OCH3 is 1. The molecule has 1 amide bonds. The number of nitrogens with zero attached hydrogens (tertiary/aromatic N) is 3. The highest BCUT2D eigenvalue weighted by atomic mass is 16.5. The van der Waals surface area contributed by atoms with Gasteiger partial charge in [0, 0.05) is 40.0 Å². The predicted molar refractivity (Wildman–Crippen MR) is 96.7 cm³/mol. The Morgan fingerprint density at radius 1 is 1.52 bits per heavy atom. The molecule has 0 aromatic carbocycles. The monoisotopic (exact) mass is 349 g/mol. The first-order valence-corrected chi connectivity index (χ1v) is 9.25. The van der Waals surface area contributed by atoms with E-state index in [4.69, 9.17) is 9.47 Å². The van der Waals surface area contributed by atoms with Crippen LogP contribution in [0.2, 0.25) is 0 Å². The van der Waals surface area contributed by atoms with Gasteiger partial charge in [-0.3, -0.25) is 4.79 Å². The molecular weight excluding hydrogens is 318 g/mol. The molecule has 0 aliphatic carbocycles. The Morgan fingerprint density at radius 3 is 3.08 bits per heavy atom. The van der Waals surface area contributed by atoms with Crippen LogP contribution in [0.15, 0.2) is 18.3 Å². The minimum Gasteiger partial charge on any atom is -0.383 e. The summed E-state index contributed by atoms with van der Waals surface area (Å²) in [6.45, 7) is 5.06. The minimum atomic E-state index is -0.147. The first-order chi connectivity index (χ1) is 12.0. The maximum atomic E-state index is 12.8. The molecule has 2 saturated heterocycles. The summed E-state index contributed by atoms with van der Waals surface area (Å²) in [6, 6.07) is 3.82.